The number of para-hydroxylation sites is 1. The van der Waals surface area contributed by atoms with Gasteiger partial charge in [0.05, 0.1) is 10.6 Å². The molecule has 1 aromatic heterocycles. The predicted molar refractivity (Wildman–Crippen MR) is 146 cm³/mol. The summed E-state index contributed by atoms with van der Waals surface area (Å²) in [5.41, 5.74) is 3.18. The van der Waals surface area contributed by atoms with E-state index in [2.05, 4.69) is 0 Å². The van der Waals surface area contributed by atoms with Crippen molar-refractivity contribution < 1.29 is 17.6 Å². The SMILES string of the molecule is O=C(Cn1cc(S(=O)(=O)Cc2ccc(F)cc2)c2ccccc21)N(Cc1ccccc1)Cc1ccccc1. The number of amides is 1. The average Bonchev–Trinajstić information content (AvgIpc) is 3.30. The first-order chi connectivity index (χ1) is 18.4. The predicted octanol–water partition coefficient (Wildman–Crippen LogP) is 5.98. The third-order valence-electron chi connectivity index (χ3n) is 6.45. The van der Waals surface area contributed by atoms with Gasteiger partial charge >= 0.3 is 0 Å². The third kappa shape index (κ3) is 5.84. The molecule has 38 heavy (non-hydrogen) atoms. The van der Waals surface area contributed by atoms with Gasteiger partial charge in [-0.05, 0) is 34.9 Å². The van der Waals surface area contributed by atoms with E-state index in [1.807, 2.05) is 72.8 Å². The normalized spacial score (nSPS) is 11.5. The lowest BCUT2D eigenvalue weighted by Gasteiger charge is -2.23. The molecule has 0 saturated carbocycles. The maximum absolute atomic E-state index is 13.7. The Bertz CT molecular complexity index is 1610. The number of aromatic nitrogens is 1. The number of rotatable bonds is 9. The third-order valence-corrected chi connectivity index (χ3v) is 8.16. The smallest absolute Gasteiger partial charge is 0.243 e. The van der Waals surface area contributed by atoms with Crippen LogP contribution < -0.4 is 0 Å². The molecule has 5 nitrogen and oxygen atoms in total. The summed E-state index contributed by atoms with van der Waals surface area (Å²) in [5.74, 6) is -0.804. The Labute approximate surface area is 221 Å². The minimum absolute atomic E-state index is 0.00769. The highest BCUT2D eigenvalue weighted by atomic mass is 32.2. The van der Waals surface area contributed by atoms with Crippen LogP contribution in [0.25, 0.3) is 10.9 Å². The van der Waals surface area contributed by atoms with Crippen molar-refractivity contribution in [3.63, 3.8) is 0 Å². The summed E-state index contributed by atoms with van der Waals surface area (Å²) in [7, 11) is -3.75. The van der Waals surface area contributed by atoms with E-state index in [1.54, 1.807) is 27.8 Å². The van der Waals surface area contributed by atoms with Crippen molar-refractivity contribution in [1.82, 2.24) is 9.47 Å². The van der Waals surface area contributed by atoms with Crippen LogP contribution in [-0.4, -0.2) is 23.8 Å². The molecule has 0 unspecified atom stereocenters. The van der Waals surface area contributed by atoms with E-state index in [1.165, 1.54) is 24.3 Å². The highest BCUT2D eigenvalue weighted by Gasteiger charge is 2.24. The fourth-order valence-corrected chi connectivity index (χ4v) is 6.14. The van der Waals surface area contributed by atoms with Gasteiger partial charge in [-0.1, -0.05) is 91.0 Å². The molecule has 192 valence electrons. The minimum Gasteiger partial charge on any atom is -0.337 e. The van der Waals surface area contributed by atoms with Crippen LogP contribution in [0.2, 0.25) is 0 Å². The van der Waals surface area contributed by atoms with Gasteiger partial charge in [0.15, 0.2) is 9.84 Å². The van der Waals surface area contributed by atoms with Crippen LogP contribution >= 0.6 is 0 Å². The van der Waals surface area contributed by atoms with Crippen LogP contribution in [0.3, 0.4) is 0 Å². The van der Waals surface area contributed by atoms with E-state index < -0.39 is 15.7 Å². The number of hydrogen-bond acceptors (Lipinski definition) is 3. The number of hydrogen-bond donors (Lipinski definition) is 0. The van der Waals surface area contributed by atoms with E-state index in [4.69, 9.17) is 0 Å². The number of benzene rings is 4. The van der Waals surface area contributed by atoms with E-state index in [0.717, 1.165) is 11.1 Å². The first-order valence-corrected chi connectivity index (χ1v) is 13.9. The molecule has 7 heteroatoms. The molecule has 0 N–H and O–H groups in total. The molecule has 1 heterocycles. The topological polar surface area (TPSA) is 59.4 Å². The first-order valence-electron chi connectivity index (χ1n) is 12.3. The second kappa shape index (κ2) is 11.0. The van der Waals surface area contributed by atoms with Crippen molar-refractivity contribution in [3.8, 4) is 0 Å². The number of sulfone groups is 1. The lowest BCUT2D eigenvalue weighted by molar-refractivity contribution is -0.133. The first kappa shape index (κ1) is 25.4. The maximum Gasteiger partial charge on any atom is 0.243 e. The van der Waals surface area contributed by atoms with Crippen molar-refractivity contribution >= 4 is 26.6 Å². The zero-order valence-corrected chi connectivity index (χ0v) is 21.5. The van der Waals surface area contributed by atoms with Gasteiger partial charge < -0.3 is 9.47 Å². The summed E-state index contributed by atoms with van der Waals surface area (Å²) in [4.78, 5) is 15.6. The molecule has 0 atom stereocenters. The van der Waals surface area contributed by atoms with Crippen molar-refractivity contribution in [2.75, 3.05) is 0 Å². The van der Waals surface area contributed by atoms with Crippen LogP contribution in [0.1, 0.15) is 16.7 Å². The zero-order chi connectivity index (χ0) is 26.5. The molecule has 0 spiro atoms. The largest absolute Gasteiger partial charge is 0.337 e. The number of fused-ring (bicyclic) bond motifs is 1. The summed E-state index contributed by atoms with van der Waals surface area (Å²) in [6.07, 6.45) is 1.55. The number of nitrogens with zero attached hydrogens (tertiary/aromatic N) is 2. The monoisotopic (exact) mass is 526 g/mol. The number of carbonyl (C=O) groups is 1. The molecular formula is C31H27FN2O3S. The Kier molecular flexibility index (Phi) is 7.38. The van der Waals surface area contributed by atoms with Crippen LogP contribution in [0.5, 0.6) is 0 Å². The van der Waals surface area contributed by atoms with Gasteiger partial charge in [0.25, 0.3) is 0 Å². The van der Waals surface area contributed by atoms with Gasteiger partial charge in [-0.2, -0.15) is 0 Å². The summed E-state index contributed by atoms with van der Waals surface area (Å²) in [6.45, 7) is 0.860. The zero-order valence-electron chi connectivity index (χ0n) is 20.7. The molecule has 0 aliphatic rings. The van der Waals surface area contributed by atoms with Crippen LogP contribution in [0.4, 0.5) is 4.39 Å². The van der Waals surface area contributed by atoms with Crippen LogP contribution in [-0.2, 0) is 40.0 Å². The highest BCUT2D eigenvalue weighted by molar-refractivity contribution is 7.90. The van der Waals surface area contributed by atoms with Gasteiger partial charge in [0.1, 0.15) is 12.4 Å². The summed E-state index contributed by atoms with van der Waals surface area (Å²) < 4.78 is 41.9. The average molecular weight is 527 g/mol. The van der Waals surface area contributed by atoms with Gasteiger partial charge in [0.2, 0.25) is 5.91 Å². The molecule has 0 radical (unpaired) electrons. The van der Waals surface area contributed by atoms with Crippen LogP contribution in [0.15, 0.2) is 120 Å². The molecule has 0 saturated heterocycles. The van der Waals surface area contributed by atoms with Crippen molar-refractivity contribution in [2.45, 2.75) is 30.3 Å². The molecule has 0 bridgehead atoms. The fraction of sp³-hybridized carbons (Fsp3) is 0.129. The van der Waals surface area contributed by atoms with Crippen LogP contribution in [0, 0.1) is 5.82 Å². The van der Waals surface area contributed by atoms with E-state index in [0.29, 0.717) is 29.6 Å². The van der Waals surface area contributed by atoms with E-state index in [9.17, 15) is 17.6 Å². The highest BCUT2D eigenvalue weighted by Crippen LogP contribution is 2.28. The van der Waals surface area contributed by atoms with Crippen molar-refractivity contribution in [1.29, 1.82) is 0 Å². The molecule has 0 aliphatic carbocycles. The Hall–Kier alpha value is -4.23. The Balaban J connectivity index is 1.45. The minimum atomic E-state index is -3.75. The van der Waals surface area contributed by atoms with Gasteiger partial charge in [0, 0.05) is 30.2 Å². The van der Waals surface area contributed by atoms with E-state index >= 15 is 0 Å². The molecule has 5 rings (SSSR count). The molecule has 5 aromatic rings. The Morgan fingerprint density at radius 3 is 1.87 bits per heavy atom. The standard InChI is InChI=1S/C31H27FN2O3S/c32-27-17-15-26(16-18-27)23-38(36,37)30-21-33(29-14-8-7-13-28(29)30)22-31(35)34(19-24-9-3-1-4-10-24)20-25-11-5-2-6-12-25/h1-18,21H,19-20,22-23H2. The summed E-state index contributed by atoms with van der Waals surface area (Å²) in [5, 5.41) is 0.556. The van der Waals surface area contributed by atoms with Gasteiger partial charge in [-0.15, -0.1) is 0 Å². The lowest BCUT2D eigenvalue weighted by Crippen LogP contribution is -2.32. The maximum atomic E-state index is 13.7. The molecule has 4 aromatic carbocycles. The summed E-state index contributed by atoms with van der Waals surface area (Å²) in [6, 6.07) is 32.2. The molecular weight excluding hydrogens is 499 g/mol. The number of halogens is 1. The lowest BCUT2D eigenvalue weighted by atomic mass is 10.1. The number of carbonyl (C=O) groups excluding carboxylic acids is 1. The fourth-order valence-electron chi connectivity index (χ4n) is 4.56. The Morgan fingerprint density at radius 2 is 1.26 bits per heavy atom. The van der Waals surface area contributed by atoms with Gasteiger partial charge in [-0.25, -0.2) is 12.8 Å². The molecule has 1 amide bonds. The molecule has 0 fully saturated rings. The summed E-state index contributed by atoms with van der Waals surface area (Å²) >= 11 is 0. The second-order valence-corrected chi connectivity index (χ2v) is 11.2. The van der Waals surface area contributed by atoms with Gasteiger partial charge in [-0.3, -0.25) is 4.79 Å². The van der Waals surface area contributed by atoms with Crippen molar-refractivity contribution in [3.05, 3.63) is 138 Å². The molecule has 0 aliphatic heterocycles. The van der Waals surface area contributed by atoms with Crippen molar-refractivity contribution in [2.24, 2.45) is 0 Å². The quantitative estimate of drug-likeness (QED) is 0.237. The second-order valence-electron chi connectivity index (χ2n) is 9.24. The van der Waals surface area contributed by atoms with E-state index in [-0.39, 0.29) is 23.1 Å². The Morgan fingerprint density at radius 1 is 0.711 bits per heavy atom.